The van der Waals surface area contributed by atoms with Gasteiger partial charge in [0.1, 0.15) is 0 Å². The van der Waals surface area contributed by atoms with Crippen molar-refractivity contribution in [2.75, 3.05) is 12.8 Å². The third kappa shape index (κ3) is 4.29. The third-order valence-corrected chi connectivity index (χ3v) is 6.77. The summed E-state index contributed by atoms with van der Waals surface area (Å²) in [7, 11) is 2.27. The topological polar surface area (TPSA) is 29.3 Å². The highest BCUT2D eigenvalue weighted by Gasteiger charge is 2.20. The predicted molar refractivity (Wildman–Crippen MR) is 130 cm³/mol. The number of rotatable bonds is 5. The molecular formula is C28H34N2. The minimum atomic E-state index is 0.669. The van der Waals surface area contributed by atoms with Gasteiger partial charge >= 0.3 is 0 Å². The molecular weight excluding hydrogens is 364 g/mol. The largest absolute Gasteiger partial charge is 0.398 e. The summed E-state index contributed by atoms with van der Waals surface area (Å²) < 4.78 is 0. The molecule has 0 radical (unpaired) electrons. The van der Waals surface area contributed by atoms with Gasteiger partial charge in [-0.3, -0.25) is 4.90 Å². The first kappa shape index (κ1) is 20.7. The Kier molecular flexibility index (Phi) is 6.24. The van der Waals surface area contributed by atoms with Crippen LogP contribution in [0.1, 0.15) is 48.8 Å². The Bertz CT molecular complexity index is 1010. The van der Waals surface area contributed by atoms with Crippen LogP contribution >= 0.6 is 0 Å². The lowest BCUT2D eigenvalue weighted by molar-refractivity contribution is 0.185. The Morgan fingerprint density at radius 1 is 0.800 bits per heavy atom. The van der Waals surface area contributed by atoms with Crippen molar-refractivity contribution in [3.05, 3.63) is 77.4 Å². The van der Waals surface area contributed by atoms with Crippen LogP contribution in [0.15, 0.2) is 60.7 Å². The fourth-order valence-corrected chi connectivity index (χ4v) is 4.91. The van der Waals surface area contributed by atoms with Crippen LogP contribution in [0.3, 0.4) is 0 Å². The first-order valence-electron chi connectivity index (χ1n) is 11.3. The van der Waals surface area contributed by atoms with Gasteiger partial charge in [-0.25, -0.2) is 0 Å². The molecule has 2 heteroatoms. The van der Waals surface area contributed by atoms with Crippen molar-refractivity contribution in [1.82, 2.24) is 4.90 Å². The van der Waals surface area contributed by atoms with E-state index < -0.39 is 0 Å². The normalized spacial score (nSPS) is 14.9. The molecule has 0 aliphatic heterocycles. The van der Waals surface area contributed by atoms with Crippen LogP contribution in [0.2, 0.25) is 0 Å². The first-order chi connectivity index (χ1) is 14.5. The maximum absolute atomic E-state index is 6.82. The predicted octanol–water partition coefficient (Wildman–Crippen LogP) is 6.98. The summed E-state index contributed by atoms with van der Waals surface area (Å²) in [6, 6.07) is 22.5. The van der Waals surface area contributed by atoms with E-state index in [9.17, 15) is 0 Å². The number of nitrogens with two attached hydrogens (primary N) is 1. The van der Waals surface area contributed by atoms with Crippen molar-refractivity contribution in [2.45, 2.75) is 58.5 Å². The van der Waals surface area contributed by atoms with Gasteiger partial charge in [0.25, 0.3) is 0 Å². The molecule has 2 nitrogen and oxygen atoms in total. The number of nitrogens with zero attached hydrogens (tertiary/aromatic N) is 1. The molecule has 2 N–H and O–H groups in total. The summed E-state index contributed by atoms with van der Waals surface area (Å²) in [5.74, 6) is 0. The second-order valence-corrected chi connectivity index (χ2v) is 8.93. The second-order valence-electron chi connectivity index (χ2n) is 8.93. The zero-order chi connectivity index (χ0) is 21.1. The minimum Gasteiger partial charge on any atom is -0.398 e. The van der Waals surface area contributed by atoms with Crippen molar-refractivity contribution in [3.8, 4) is 22.3 Å². The SMILES string of the molecule is Cc1ccccc1-c1cc(CN(C)C2CCCCC2)c(N)c(-c2ccccc2C)c1. The molecule has 1 fully saturated rings. The van der Waals surface area contributed by atoms with Crippen LogP contribution in [-0.2, 0) is 6.54 Å². The summed E-state index contributed by atoms with van der Waals surface area (Å²) in [5, 5.41) is 0. The highest BCUT2D eigenvalue weighted by molar-refractivity contribution is 5.86. The van der Waals surface area contributed by atoms with Crippen LogP contribution < -0.4 is 5.73 Å². The van der Waals surface area contributed by atoms with Crippen molar-refractivity contribution in [3.63, 3.8) is 0 Å². The molecule has 1 saturated carbocycles. The minimum absolute atomic E-state index is 0.669. The molecule has 0 spiro atoms. The summed E-state index contributed by atoms with van der Waals surface area (Å²) in [4.78, 5) is 2.52. The average molecular weight is 399 g/mol. The molecule has 30 heavy (non-hydrogen) atoms. The van der Waals surface area contributed by atoms with Gasteiger partial charge in [0.05, 0.1) is 0 Å². The van der Waals surface area contributed by atoms with E-state index >= 15 is 0 Å². The zero-order valence-electron chi connectivity index (χ0n) is 18.6. The van der Waals surface area contributed by atoms with E-state index in [1.165, 1.54) is 65.5 Å². The Morgan fingerprint density at radius 2 is 1.40 bits per heavy atom. The maximum atomic E-state index is 6.82. The van der Waals surface area contributed by atoms with Gasteiger partial charge in [-0.15, -0.1) is 0 Å². The number of anilines is 1. The molecule has 3 aromatic carbocycles. The number of benzene rings is 3. The van der Waals surface area contributed by atoms with Crippen molar-refractivity contribution in [2.24, 2.45) is 0 Å². The van der Waals surface area contributed by atoms with Gasteiger partial charge in [0, 0.05) is 23.8 Å². The lowest BCUT2D eigenvalue weighted by atomic mass is 9.90. The molecule has 1 aliphatic carbocycles. The van der Waals surface area contributed by atoms with Gasteiger partial charge in [-0.1, -0.05) is 67.8 Å². The fraction of sp³-hybridized carbons (Fsp3) is 0.357. The summed E-state index contributed by atoms with van der Waals surface area (Å²) in [5.41, 5.74) is 16.5. The van der Waals surface area contributed by atoms with Gasteiger partial charge in [-0.05, 0) is 79.3 Å². The summed E-state index contributed by atoms with van der Waals surface area (Å²) in [6.45, 7) is 5.26. The monoisotopic (exact) mass is 398 g/mol. The van der Waals surface area contributed by atoms with E-state index in [0.717, 1.165) is 17.8 Å². The Morgan fingerprint density at radius 3 is 2.03 bits per heavy atom. The molecule has 0 amide bonds. The number of aryl methyl sites for hydroxylation is 2. The molecule has 0 saturated heterocycles. The van der Waals surface area contributed by atoms with E-state index in [-0.39, 0.29) is 0 Å². The van der Waals surface area contributed by atoms with Crippen LogP contribution in [0, 0.1) is 13.8 Å². The van der Waals surface area contributed by atoms with Crippen molar-refractivity contribution >= 4 is 5.69 Å². The molecule has 0 bridgehead atoms. The summed E-state index contributed by atoms with van der Waals surface area (Å²) in [6.07, 6.45) is 6.69. The molecule has 0 atom stereocenters. The number of hydrogen-bond donors (Lipinski definition) is 1. The maximum Gasteiger partial charge on any atom is 0.0439 e. The summed E-state index contributed by atoms with van der Waals surface area (Å²) >= 11 is 0. The molecule has 4 rings (SSSR count). The van der Waals surface area contributed by atoms with Crippen LogP contribution in [-0.4, -0.2) is 18.0 Å². The average Bonchev–Trinajstić information content (AvgIpc) is 2.77. The van der Waals surface area contributed by atoms with Crippen molar-refractivity contribution in [1.29, 1.82) is 0 Å². The van der Waals surface area contributed by atoms with Gasteiger partial charge in [-0.2, -0.15) is 0 Å². The molecule has 1 aliphatic rings. The highest BCUT2D eigenvalue weighted by Crippen LogP contribution is 2.37. The third-order valence-electron chi connectivity index (χ3n) is 6.77. The van der Waals surface area contributed by atoms with E-state index in [1.807, 2.05) is 0 Å². The van der Waals surface area contributed by atoms with E-state index in [4.69, 9.17) is 5.73 Å². The van der Waals surface area contributed by atoms with Gasteiger partial charge in [0.2, 0.25) is 0 Å². The lowest BCUT2D eigenvalue weighted by Gasteiger charge is -2.32. The highest BCUT2D eigenvalue weighted by atomic mass is 15.1. The van der Waals surface area contributed by atoms with Crippen LogP contribution in [0.5, 0.6) is 0 Å². The molecule has 0 unspecified atom stereocenters. The Labute approximate surface area is 181 Å². The van der Waals surface area contributed by atoms with Gasteiger partial charge in [0.15, 0.2) is 0 Å². The van der Waals surface area contributed by atoms with E-state index in [2.05, 4.69) is 86.5 Å². The number of nitrogen functional groups attached to an aromatic ring is 1. The van der Waals surface area contributed by atoms with E-state index in [1.54, 1.807) is 0 Å². The Balaban J connectivity index is 1.80. The van der Waals surface area contributed by atoms with Gasteiger partial charge < -0.3 is 5.73 Å². The number of hydrogen-bond acceptors (Lipinski definition) is 2. The lowest BCUT2D eigenvalue weighted by Crippen LogP contribution is -2.33. The molecule has 0 aromatic heterocycles. The quantitative estimate of drug-likeness (QED) is 0.470. The zero-order valence-corrected chi connectivity index (χ0v) is 18.6. The van der Waals surface area contributed by atoms with E-state index in [0.29, 0.717) is 6.04 Å². The standard InChI is InChI=1S/C28H34N2/c1-20-11-7-9-15-25(20)22-17-23(19-30(3)24-13-5-4-6-14-24)28(29)27(18-22)26-16-10-8-12-21(26)2/h7-12,15-18,24H,4-6,13-14,19,29H2,1-3H3. The molecule has 156 valence electrons. The van der Waals surface area contributed by atoms with Crippen LogP contribution in [0.4, 0.5) is 5.69 Å². The molecule has 0 heterocycles. The first-order valence-corrected chi connectivity index (χ1v) is 11.3. The van der Waals surface area contributed by atoms with Crippen LogP contribution in [0.25, 0.3) is 22.3 Å². The second kappa shape index (κ2) is 9.06. The molecule has 3 aromatic rings. The Hall–Kier alpha value is -2.58. The smallest absolute Gasteiger partial charge is 0.0439 e. The van der Waals surface area contributed by atoms with Crippen molar-refractivity contribution < 1.29 is 0 Å². The fourth-order valence-electron chi connectivity index (χ4n) is 4.91.